The SMILES string of the molecule is CCCCC/C=C\C/C=C\C/C=C\CCCCCCCCC(=O)OC(COC(=O)CCCCCCCCC/C=C\C/C=C\CCCCCC)COC(=O)CCCCCCCCCCCCCCCCCCCCCCCCC. The van der Waals surface area contributed by atoms with E-state index in [4.69, 9.17) is 14.2 Å². The van der Waals surface area contributed by atoms with Crippen molar-refractivity contribution in [1.82, 2.24) is 0 Å². The first kappa shape index (κ1) is 75.1. The molecule has 0 fully saturated rings. The van der Waals surface area contributed by atoms with E-state index in [9.17, 15) is 14.4 Å². The summed E-state index contributed by atoms with van der Waals surface area (Å²) in [5.41, 5.74) is 0. The van der Waals surface area contributed by atoms with Crippen molar-refractivity contribution in [2.45, 2.75) is 367 Å². The predicted octanol–water partition coefficient (Wildman–Crippen LogP) is 23.5. The van der Waals surface area contributed by atoms with Crippen LogP contribution in [0.4, 0.5) is 0 Å². The van der Waals surface area contributed by atoms with Crippen LogP contribution in [0.5, 0.6) is 0 Å². The molecule has 0 N–H and O–H groups in total. The fraction of sp³-hybridized carbons (Fsp3) is 0.819. The van der Waals surface area contributed by atoms with Gasteiger partial charge in [0.25, 0.3) is 0 Å². The van der Waals surface area contributed by atoms with Gasteiger partial charge in [0.05, 0.1) is 0 Å². The molecule has 0 aromatic rings. The molecule has 0 spiro atoms. The van der Waals surface area contributed by atoms with Crippen molar-refractivity contribution in [2.75, 3.05) is 13.2 Å². The van der Waals surface area contributed by atoms with Crippen LogP contribution in [0.2, 0.25) is 0 Å². The molecule has 6 heteroatoms. The van der Waals surface area contributed by atoms with Crippen LogP contribution in [0.25, 0.3) is 0 Å². The predicted molar refractivity (Wildman–Crippen MR) is 339 cm³/mol. The molecule has 0 saturated heterocycles. The summed E-state index contributed by atoms with van der Waals surface area (Å²) in [6.07, 6.45) is 85.2. The third-order valence-electron chi connectivity index (χ3n) is 15.2. The number of carbonyl (C=O) groups excluding carboxylic acids is 3. The molecule has 1 unspecified atom stereocenters. The van der Waals surface area contributed by atoms with E-state index in [-0.39, 0.29) is 31.1 Å². The van der Waals surface area contributed by atoms with Gasteiger partial charge in [-0.25, -0.2) is 0 Å². The van der Waals surface area contributed by atoms with E-state index >= 15 is 0 Å². The van der Waals surface area contributed by atoms with Gasteiger partial charge in [0, 0.05) is 19.3 Å². The molecule has 78 heavy (non-hydrogen) atoms. The molecule has 0 aromatic carbocycles. The topological polar surface area (TPSA) is 78.9 Å². The Labute approximate surface area is 485 Å². The molecule has 0 radical (unpaired) electrons. The molecular formula is C72H130O6. The first-order valence-electron chi connectivity index (χ1n) is 34.3. The Balaban J connectivity index is 4.35. The number of carbonyl (C=O) groups is 3. The largest absolute Gasteiger partial charge is 0.462 e. The number of ether oxygens (including phenoxy) is 3. The summed E-state index contributed by atoms with van der Waals surface area (Å²) in [6.45, 7) is 6.64. The van der Waals surface area contributed by atoms with Crippen molar-refractivity contribution in [3.8, 4) is 0 Å². The molecule has 0 heterocycles. The maximum Gasteiger partial charge on any atom is 0.306 e. The Morgan fingerprint density at radius 2 is 0.462 bits per heavy atom. The highest BCUT2D eigenvalue weighted by Gasteiger charge is 2.19. The molecule has 0 rings (SSSR count). The monoisotopic (exact) mass is 1090 g/mol. The molecule has 1 atom stereocenters. The smallest absolute Gasteiger partial charge is 0.306 e. The molecule has 0 aromatic heterocycles. The average molecular weight is 1090 g/mol. The van der Waals surface area contributed by atoms with Crippen molar-refractivity contribution >= 4 is 17.9 Å². The summed E-state index contributed by atoms with van der Waals surface area (Å²) in [6, 6.07) is 0. The summed E-state index contributed by atoms with van der Waals surface area (Å²) >= 11 is 0. The number of hydrogen-bond acceptors (Lipinski definition) is 6. The lowest BCUT2D eigenvalue weighted by Crippen LogP contribution is -2.30. The van der Waals surface area contributed by atoms with Gasteiger partial charge in [-0.05, 0) is 89.9 Å². The number of rotatable bonds is 63. The first-order chi connectivity index (χ1) is 38.5. The Morgan fingerprint density at radius 1 is 0.256 bits per heavy atom. The van der Waals surface area contributed by atoms with Crippen LogP contribution in [0.3, 0.4) is 0 Å². The number of hydrogen-bond donors (Lipinski definition) is 0. The van der Waals surface area contributed by atoms with E-state index in [0.29, 0.717) is 19.3 Å². The molecule has 0 amide bonds. The standard InChI is InChI=1S/C72H130O6/c1-4-7-10-13-16-19-22-25-28-31-34-35-36-37-39-41-44-47-50-53-56-59-62-65-71(74)77-68-69(67-76-70(73)64-61-58-55-52-49-46-43-40-33-30-27-24-21-18-15-12-9-6-3)78-72(75)66-63-60-57-54-51-48-45-42-38-32-29-26-23-20-17-14-11-8-5-2/h17,20-21,24,26,29-30,33,38,42,69H,4-16,18-19,22-23,25,27-28,31-32,34-37,39-41,43-68H2,1-3H3/b20-17-,24-21-,29-26-,33-30-,42-38-. The average Bonchev–Trinajstić information content (AvgIpc) is 3.44. The van der Waals surface area contributed by atoms with Crippen LogP contribution in [-0.4, -0.2) is 37.2 Å². The van der Waals surface area contributed by atoms with Crippen molar-refractivity contribution < 1.29 is 28.6 Å². The van der Waals surface area contributed by atoms with Gasteiger partial charge >= 0.3 is 17.9 Å². The number of allylic oxidation sites excluding steroid dienone is 10. The zero-order valence-electron chi connectivity index (χ0n) is 52.2. The lowest BCUT2D eigenvalue weighted by Gasteiger charge is -2.18. The van der Waals surface area contributed by atoms with E-state index in [0.717, 1.165) is 96.3 Å². The molecule has 0 saturated carbocycles. The van der Waals surface area contributed by atoms with Gasteiger partial charge in [-0.15, -0.1) is 0 Å². The van der Waals surface area contributed by atoms with Crippen molar-refractivity contribution in [1.29, 1.82) is 0 Å². The Morgan fingerprint density at radius 3 is 0.756 bits per heavy atom. The van der Waals surface area contributed by atoms with Gasteiger partial charge in [0.2, 0.25) is 0 Å². The minimum Gasteiger partial charge on any atom is -0.462 e. The third kappa shape index (κ3) is 63.9. The highest BCUT2D eigenvalue weighted by atomic mass is 16.6. The summed E-state index contributed by atoms with van der Waals surface area (Å²) in [5, 5.41) is 0. The summed E-state index contributed by atoms with van der Waals surface area (Å²) < 4.78 is 17.0. The third-order valence-corrected chi connectivity index (χ3v) is 15.2. The minimum atomic E-state index is -0.785. The molecule has 0 bridgehead atoms. The Kier molecular flexibility index (Phi) is 64.2. The second kappa shape index (κ2) is 66.6. The minimum absolute atomic E-state index is 0.0789. The molecule has 454 valence electrons. The van der Waals surface area contributed by atoms with Gasteiger partial charge in [0.15, 0.2) is 6.10 Å². The van der Waals surface area contributed by atoms with Gasteiger partial charge in [-0.1, -0.05) is 313 Å². The van der Waals surface area contributed by atoms with E-state index in [1.165, 1.54) is 225 Å². The van der Waals surface area contributed by atoms with E-state index in [2.05, 4.69) is 81.5 Å². The van der Waals surface area contributed by atoms with E-state index < -0.39 is 6.10 Å². The summed E-state index contributed by atoms with van der Waals surface area (Å²) in [5.74, 6) is -0.877. The first-order valence-corrected chi connectivity index (χ1v) is 34.3. The Hall–Kier alpha value is -2.89. The molecule has 6 nitrogen and oxygen atoms in total. The normalized spacial score (nSPS) is 12.4. The summed E-state index contributed by atoms with van der Waals surface area (Å²) in [4.78, 5) is 38.4. The zero-order valence-corrected chi connectivity index (χ0v) is 52.2. The zero-order chi connectivity index (χ0) is 56.4. The van der Waals surface area contributed by atoms with E-state index in [1.807, 2.05) is 0 Å². The highest BCUT2D eigenvalue weighted by Crippen LogP contribution is 2.18. The van der Waals surface area contributed by atoms with Crippen molar-refractivity contribution in [2.24, 2.45) is 0 Å². The van der Waals surface area contributed by atoms with Crippen LogP contribution in [-0.2, 0) is 28.6 Å². The van der Waals surface area contributed by atoms with Gasteiger partial charge in [-0.3, -0.25) is 14.4 Å². The molecule has 0 aliphatic carbocycles. The van der Waals surface area contributed by atoms with Crippen LogP contribution < -0.4 is 0 Å². The number of esters is 3. The molecular weight excluding hydrogens is 961 g/mol. The maximum atomic E-state index is 12.9. The highest BCUT2D eigenvalue weighted by molar-refractivity contribution is 5.71. The maximum absolute atomic E-state index is 12.9. The second-order valence-corrected chi connectivity index (χ2v) is 23.1. The molecule has 0 aliphatic rings. The fourth-order valence-corrected chi connectivity index (χ4v) is 10.1. The van der Waals surface area contributed by atoms with Crippen molar-refractivity contribution in [3.05, 3.63) is 60.8 Å². The molecule has 0 aliphatic heterocycles. The van der Waals surface area contributed by atoms with Crippen LogP contribution >= 0.6 is 0 Å². The second-order valence-electron chi connectivity index (χ2n) is 23.1. The quantitative estimate of drug-likeness (QED) is 0.0261. The van der Waals surface area contributed by atoms with Crippen LogP contribution in [0.1, 0.15) is 361 Å². The number of unbranched alkanes of at least 4 members (excludes halogenated alkanes) is 42. The van der Waals surface area contributed by atoms with Crippen LogP contribution in [0, 0.1) is 0 Å². The van der Waals surface area contributed by atoms with Gasteiger partial charge < -0.3 is 14.2 Å². The Bertz CT molecular complexity index is 1390. The fourth-order valence-electron chi connectivity index (χ4n) is 10.1. The van der Waals surface area contributed by atoms with Gasteiger partial charge in [-0.2, -0.15) is 0 Å². The van der Waals surface area contributed by atoms with Crippen LogP contribution in [0.15, 0.2) is 60.8 Å². The summed E-state index contributed by atoms with van der Waals surface area (Å²) in [7, 11) is 0. The lowest BCUT2D eigenvalue weighted by atomic mass is 10.0. The van der Waals surface area contributed by atoms with Gasteiger partial charge in [0.1, 0.15) is 13.2 Å². The lowest BCUT2D eigenvalue weighted by molar-refractivity contribution is -0.167. The van der Waals surface area contributed by atoms with E-state index in [1.54, 1.807) is 0 Å². The van der Waals surface area contributed by atoms with Crippen molar-refractivity contribution in [3.63, 3.8) is 0 Å².